The van der Waals surface area contributed by atoms with Crippen LogP contribution in [0.2, 0.25) is 0 Å². The van der Waals surface area contributed by atoms with Crippen molar-refractivity contribution < 1.29 is 4.79 Å². The summed E-state index contributed by atoms with van der Waals surface area (Å²) in [6.07, 6.45) is 6.44. The number of nitrogens with one attached hydrogen (secondary N) is 1. The van der Waals surface area contributed by atoms with Gasteiger partial charge in [-0.15, -0.1) is 0 Å². The van der Waals surface area contributed by atoms with Crippen molar-refractivity contribution in [3.63, 3.8) is 0 Å². The van der Waals surface area contributed by atoms with E-state index in [0.29, 0.717) is 26.2 Å². The van der Waals surface area contributed by atoms with E-state index in [2.05, 4.69) is 15.3 Å². The topological polar surface area (TPSA) is 88.3 Å². The molecule has 9 nitrogen and oxygen atoms in total. The van der Waals surface area contributed by atoms with E-state index in [-0.39, 0.29) is 23.0 Å². The average molecular weight is 426 g/mol. The molecule has 0 saturated carbocycles. The van der Waals surface area contributed by atoms with Crippen molar-refractivity contribution >= 4 is 6.03 Å². The number of nitrogens with zero attached hydrogens (tertiary/aromatic N) is 6. The predicted molar refractivity (Wildman–Crippen MR) is 116 cm³/mol. The molecule has 0 aliphatic carbocycles. The number of fused-ring (bicyclic) bond motifs is 3. The van der Waals surface area contributed by atoms with Gasteiger partial charge in [-0.25, -0.2) is 9.78 Å². The Morgan fingerprint density at radius 3 is 2.81 bits per heavy atom. The molecule has 1 spiro atoms. The van der Waals surface area contributed by atoms with Gasteiger partial charge in [0, 0.05) is 76.0 Å². The standard InChI is InChI=1S/C22H31N7O2/c1-15(2)24-21(31)28-8-5-22(14-28)6-9-29-19(30)17-13-27(7-4-18(17)25-20(22)29)12-16-10-23-26(3)11-16/h10-11,15H,4-9,12-14H2,1-3H3,(H,24,31)/t22-/m0/s1. The van der Waals surface area contributed by atoms with Crippen molar-refractivity contribution in [2.75, 3.05) is 19.6 Å². The van der Waals surface area contributed by atoms with Crippen LogP contribution in [-0.2, 0) is 38.5 Å². The van der Waals surface area contributed by atoms with Gasteiger partial charge in [-0.2, -0.15) is 5.10 Å². The van der Waals surface area contributed by atoms with Gasteiger partial charge < -0.3 is 10.2 Å². The molecule has 1 atom stereocenters. The first kappa shape index (κ1) is 20.2. The lowest BCUT2D eigenvalue weighted by atomic mass is 9.85. The Balaban J connectivity index is 1.38. The van der Waals surface area contributed by atoms with Gasteiger partial charge in [-0.3, -0.25) is 18.9 Å². The Labute approximate surface area is 182 Å². The summed E-state index contributed by atoms with van der Waals surface area (Å²) >= 11 is 0. The van der Waals surface area contributed by atoms with Crippen molar-refractivity contribution in [3.8, 4) is 0 Å². The van der Waals surface area contributed by atoms with Crippen molar-refractivity contribution in [2.24, 2.45) is 7.05 Å². The molecular weight excluding hydrogens is 394 g/mol. The molecule has 166 valence electrons. The van der Waals surface area contributed by atoms with Gasteiger partial charge in [0.25, 0.3) is 5.56 Å². The molecule has 3 aliphatic rings. The maximum absolute atomic E-state index is 13.4. The second kappa shape index (κ2) is 7.47. The van der Waals surface area contributed by atoms with Crippen LogP contribution < -0.4 is 10.9 Å². The Bertz CT molecular complexity index is 1070. The molecule has 2 aromatic rings. The molecule has 5 rings (SSSR count). The Morgan fingerprint density at radius 2 is 2.06 bits per heavy atom. The van der Waals surface area contributed by atoms with Crippen LogP contribution in [0, 0.1) is 0 Å². The molecule has 5 heterocycles. The van der Waals surface area contributed by atoms with E-state index >= 15 is 0 Å². The number of urea groups is 1. The summed E-state index contributed by atoms with van der Waals surface area (Å²) in [6.45, 7) is 8.29. The molecule has 3 aliphatic heterocycles. The lowest BCUT2D eigenvalue weighted by molar-refractivity contribution is 0.202. The fraction of sp³-hybridized carbons (Fsp3) is 0.636. The molecule has 31 heavy (non-hydrogen) atoms. The minimum atomic E-state index is -0.185. The smallest absolute Gasteiger partial charge is 0.317 e. The lowest BCUT2D eigenvalue weighted by Crippen LogP contribution is -2.43. The van der Waals surface area contributed by atoms with Crippen molar-refractivity contribution in [3.05, 3.63) is 45.4 Å². The average Bonchev–Trinajstić information content (AvgIpc) is 3.43. The fourth-order valence-electron chi connectivity index (χ4n) is 5.34. The number of rotatable bonds is 3. The monoisotopic (exact) mass is 425 g/mol. The van der Waals surface area contributed by atoms with Crippen LogP contribution in [0.15, 0.2) is 17.2 Å². The maximum Gasteiger partial charge on any atom is 0.317 e. The first-order valence-electron chi connectivity index (χ1n) is 11.2. The van der Waals surface area contributed by atoms with Gasteiger partial charge in [0.1, 0.15) is 5.82 Å². The summed E-state index contributed by atoms with van der Waals surface area (Å²) in [5.74, 6) is 0.900. The number of likely N-dealkylation sites (tertiary alicyclic amines) is 1. The summed E-state index contributed by atoms with van der Waals surface area (Å²) in [4.78, 5) is 35.1. The predicted octanol–water partition coefficient (Wildman–Crippen LogP) is 1.00. The number of carbonyl (C=O) groups is 1. The second-order valence-electron chi connectivity index (χ2n) is 9.61. The van der Waals surface area contributed by atoms with E-state index in [1.165, 1.54) is 0 Å². The minimum Gasteiger partial charge on any atom is -0.336 e. The Kier molecular flexibility index (Phi) is 4.88. The van der Waals surface area contributed by atoms with E-state index in [0.717, 1.165) is 55.0 Å². The Hall–Kier alpha value is -2.68. The third kappa shape index (κ3) is 3.54. The third-order valence-electron chi connectivity index (χ3n) is 6.90. The lowest BCUT2D eigenvalue weighted by Gasteiger charge is -2.29. The van der Waals surface area contributed by atoms with Gasteiger partial charge in [-0.1, -0.05) is 0 Å². The number of aromatic nitrogens is 4. The number of aryl methyl sites for hydroxylation is 1. The van der Waals surface area contributed by atoms with Crippen LogP contribution in [0.3, 0.4) is 0 Å². The van der Waals surface area contributed by atoms with Crippen LogP contribution >= 0.6 is 0 Å². The largest absolute Gasteiger partial charge is 0.336 e. The van der Waals surface area contributed by atoms with Gasteiger partial charge in [0.15, 0.2) is 0 Å². The van der Waals surface area contributed by atoms with E-state index in [4.69, 9.17) is 4.98 Å². The Morgan fingerprint density at radius 1 is 1.26 bits per heavy atom. The van der Waals surface area contributed by atoms with E-state index in [1.807, 2.05) is 47.4 Å². The zero-order valence-electron chi connectivity index (χ0n) is 18.6. The molecule has 9 heteroatoms. The summed E-state index contributed by atoms with van der Waals surface area (Å²) in [7, 11) is 1.92. The van der Waals surface area contributed by atoms with Crippen molar-refractivity contribution in [1.82, 2.24) is 34.4 Å². The highest BCUT2D eigenvalue weighted by molar-refractivity contribution is 5.75. The van der Waals surface area contributed by atoms with Crippen LogP contribution in [0.1, 0.15) is 49.3 Å². The first-order valence-corrected chi connectivity index (χ1v) is 11.2. The van der Waals surface area contributed by atoms with E-state index in [1.54, 1.807) is 0 Å². The van der Waals surface area contributed by atoms with Crippen LogP contribution in [-0.4, -0.2) is 60.8 Å². The summed E-state index contributed by atoms with van der Waals surface area (Å²) < 4.78 is 3.69. The number of hydrogen-bond acceptors (Lipinski definition) is 5. The first-order chi connectivity index (χ1) is 14.8. The van der Waals surface area contributed by atoms with Crippen LogP contribution in [0.5, 0.6) is 0 Å². The molecule has 1 fully saturated rings. The number of amides is 2. The van der Waals surface area contributed by atoms with Crippen LogP contribution in [0.4, 0.5) is 4.79 Å². The molecule has 1 saturated heterocycles. The van der Waals surface area contributed by atoms with E-state index in [9.17, 15) is 9.59 Å². The SMILES string of the molecule is CC(C)NC(=O)N1CC[C@]2(CCn3c2nc2c(c3=O)CN(Cc3cnn(C)c3)CC2)C1. The van der Waals surface area contributed by atoms with Crippen molar-refractivity contribution in [2.45, 2.75) is 64.2 Å². The third-order valence-corrected chi connectivity index (χ3v) is 6.90. The zero-order valence-corrected chi connectivity index (χ0v) is 18.6. The molecule has 0 unspecified atom stereocenters. The van der Waals surface area contributed by atoms with Gasteiger partial charge in [0.05, 0.1) is 17.5 Å². The highest BCUT2D eigenvalue weighted by Crippen LogP contribution is 2.41. The summed E-state index contributed by atoms with van der Waals surface area (Å²) in [6, 6.07) is 0.0963. The van der Waals surface area contributed by atoms with Gasteiger partial charge in [-0.05, 0) is 26.7 Å². The van der Waals surface area contributed by atoms with E-state index < -0.39 is 0 Å². The highest BCUT2D eigenvalue weighted by atomic mass is 16.2. The van der Waals surface area contributed by atoms with Gasteiger partial charge >= 0.3 is 6.03 Å². The number of hydrogen-bond donors (Lipinski definition) is 1. The molecule has 0 aromatic carbocycles. The fourth-order valence-corrected chi connectivity index (χ4v) is 5.34. The number of carbonyl (C=O) groups excluding carboxylic acids is 1. The molecule has 0 bridgehead atoms. The quantitative estimate of drug-likeness (QED) is 0.793. The molecule has 2 aromatic heterocycles. The normalized spacial score (nSPS) is 22.9. The second-order valence-corrected chi connectivity index (χ2v) is 9.61. The van der Waals surface area contributed by atoms with Gasteiger partial charge in [0.2, 0.25) is 0 Å². The zero-order chi connectivity index (χ0) is 21.8. The highest BCUT2D eigenvalue weighted by Gasteiger charge is 2.48. The molecule has 0 radical (unpaired) electrons. The molecular formula is C22H31N7O2. The summed E-state index contributed by atoms with van der Waals surface area (Å²) in [5, 5.41) is 7.23. The van der Waals surface area contributed by atoms with Crippen LogP contribution in [0.25, 0.3) is 0 Å². The molecule has 1 N–H and O–H groups in total. The summed E-state index contributed by atoms with van der Waals surface area (Å²) in [5.41, 5.74) is 2.87. The molecule has 2 amide bonds. The minimum absolute atomic E-state index is 0.0170. The maximum atomic E-state index is 13.4. The van der Waals surface area contributed by atoms with Crippen molar-refractivity contribution in [1.29, 1.82) is 0 Å².